The van der Waals surface area contributed by atoms with Gasteiger partial charge in [-0.2, -0.15) is 0 Å². The lowest BCUT2D eigenvalue weighted by Gasteiger charge is -2.10. The van der Waals surface area contributed by atoms with E-state index in [2.05, 4.69) is 0 Å². The molecular weight excluding hydrogens is 340 g/mol. The number of aromatic carboxylic acids is 2. The van der Waals surface area contributed by atoms with Gasteiger partial charge in [0.25, 0.3) is 0 Å². The molecule has 0 bridgehead atoms. The summed E-state index contributed by atoms with van der Waals surface area (Å²) < 4.78 is 4.89. The Morgan fingerprint density at radius 3 is 1.69 bits per heavy atom. The molecule has 0 radical (unpaired) electrons. The first-order valence-electron chi connectivity index (χ1n) is 7.69. The van der Waals surface area contributed by atoms with E-state index in [9.17, 15) is 29.4 Å². The van der Waals surface area contributed by atoms with E-state index in [0.717, 1.165) is 0 Å². The van der Waals surface area contributed by atoms with Crippen molar-refractivity contribution in [3.63, 3.8) is 0 Å². The van der Waals surface area contributed by atoms with Crippen LogP contribution in [0.5, 0.6) is 0 Å². The molecule has 0 aromatic heterocycles. The molecule has 0 aliphatic carbocycles. The molecule has 2 aromatic carbocycles. The summed E-state index contributed by atoms with van der Waals surface area (Å²) in [6.07, 6.45) is 0. The van der Waals surface area contributed by atoms with Crippen molar-refractivity contribution in [1.29, 1.82) is 0 Å². The lowest BCUT2D eigenvalue weighted by molar-refractivity contribution is 0.0514. The number of hydrogen-bond acceptors (Lipinski definition) is 5. The van der Waals surface area contributed by atoms with Crippen LogP contribution < -0.4 is 0 Å². The Morgan fingerprint density at radius 1 is 0.808 bits per heavy atom. The van der Waals surface area contributed by atoms with Crippen LogP contribution >= 0.6 is 0 Å². The van der Waals surface area contributed by atoms with Crippen LogP contribution in [0.4, 0.5) is 0 Å². The summed E-state index contributed by atoms with van der Waals surface area (Å²) in [5.74, 6) is -3.70. The molecule has 7 nitrogen and oxygen atoms in total. The highest BCUT2D eigenvalue weighted by Gasteiger charge is 2.20. The minimum Gasteiger partial charge on any atom is -0.478 e. The van der Waals surface area contributed by atoms with Crippen molar-refractivity contribution in [2.24, 2.45) is 0 Å². The van der Waals surface area contributed by atoms with Gasteiger partial charge in [0.05, 0.1) is 23.3 Å². The molecule has 0 aliphatic heterocycles. The van der Waals surface area contributed by atoms with Gasteiger partial charge in [-0.3, -0.25) is 4.79 Å². The maximum atomic E-state index is 12.1. The SMILES string of the molecule is CCOC(=O)c1cc(-c2ccc(C(=O)O)c(C(C)=O)c2)ccc1C(=O)O. The zero-order valence-electron chi connectivity index (χ0n) is 14.1. The molecule has 0 saturated carbocycles. The number of esters is 1. The standard InChI is InChI=1S/C19H16O7/c1-3-26-19(25)16-9-12(5-7-14(16)18(23)24)11-4-6-13(17(21)22)15(8-11)10(2)20/h4-9H,3H2,1-2H3,(H,21,22)(H,23,24). The number of ether oxygens (including phenoxy) is 1. The maximum absolute atomic E-state index is 12.1. The number of benzene rings is 2. The van der Waals surface area contributed by atoms with Crippen molar-refractivity contribution in [2.45, 2.75) is 13.8 Å². The third kappa shape index (κ3) is 3.77. The van der Waals surface area contributed by atoms with Crippen molar-refractivity contribution in [3.05, 3.63) is 58.7 Å². The van der Waals surface area contributed by atoms with Crippen LogP contribution in [0, 0.1) is 0 Å². The summed E-state index contributed by atoms with van der Waals surface area (Å²) in [6, 6.07) is 8.27. The smallest absolute Gasteiger partial charge is 0.339 e. The number of Topliss-reactive ketones (excluding diaryl/α,β-unsaturated/α-hetero) is 1. The molecule has 0 heterocycles. The van der Waals surface area contributed by atoms with Gasteiger partial charge in [-0.15, -0.1) is 0 Å². The summed E-state index contributed by atoms with van der Waals surface area (Å²) in [5, 5.41) is 18.4. The summed E-state index contributed by atoms with van der Waals surface area (Å²) in [4.78, 5) is 46.4. The van der Waals surface area contributed by atoms with Gasteiger partial charge in [-0.25, -0.2) is 14.4 Å². The first-order chi connectivity index (χ1) is 12.3. The lowest BCUT2D eigenvalue weighted by atomic mass is 9.94. The quantitative estimate of drug-likeness (QED) is 0.603. The Bertz CT molecular complexity index is 912. The summed E-state index contributed by atoms with van der Waals surface area (Å²) in [6.45, 7) is 2.94. The molecule has 0 atom stereocenters. The number of carboxylic acids is 2. The zero-order chi connectivity index (χ0) is 19.4. The van der Waals surface area contributed by atoms with Gasteiger partial charge in [0.15, 0.2) is 5.78 Å². The molecule has 0 unspecified atom stereocenters. The van der Waals surface area contributed by atoms with Gasteiger partial charge >= 0.3 is 17.9 Å². The van der Waals surface area contributed by atoms with Gasteiger partial charge in [-0.1, -0.05) is 12.1 Å². The highest BCUT2D eigenvalue weighted by atomic mass is 16.5. The lowest BCUT2D eigenvalue weighted by Crippen LogP contribution is -2.12. The number of hydrogen-bond donors (Lipinski definition) is 2. The van der Waals surface area contributed by atoms with Crippen LogP contribution in [0.1, 0.15) is 55.3 Å². The van der Waals surface area contributed by atoms with Crippen LogP contribution in [-0.2, 0) is 4.74 Å². The molecule has 0 aliphatic rings. The highest BCUT2D eigenvalue weighted by Crippen LogP contribution is 2.26. The topological polar surface area (TPSA) is 118 Å². The Hall–Kier alpha value is -3.48. The normalized spacial score (nSPS) is 10.2. The summed E-state index contributed by atoms with van der Waals surface area (Å²) in [7, 11) is 0. The van der Waals surface area contributed by atoms with Gasteiger partial charge in [0.2, 0.25) is 0 Å². The number of carboxylic acid groups (broad SMARTS) is 2. The van der Waals surface area contributed by atoms with Crippen LogP contribution in [0.3, 0.4) is 0 Å². The molecule has 2 rings (SSSR count). The van der Waals surface area contributed by atoms with Gasteiger partial charge in [-0.05, 0) is 49.2 Å². The fourth-order valence-corrected chi connectivity index (χ4v) is 2.49. The highest BCUT2D eigenvalue weighted by molar-refractivity contribution is 6.06. The number of rotatable bonds is 6. The van der Waals surface area contributed by atoms with Gasteiger partial charge < -0.3 is 14.9 Å². The zero-order valence-corrected chi connectivity index (χ0v) is 14.1. The van der Waals surface area contributed by atoms with Crippen LogP contribution in [-0.4, -0.2) is 40.5 Å². The molecule has 0 amide bonds. The van der Waals surface area contributed by atoms with Gasteiger partial charge in [0.1, 0.15) is 0 Å². The minimum absolute atomic E-state index is 0.0231. The van der Waals surface area contributed by atoms with Crippen molar-refractivity contribution < 1.29 is 34.1 Å². The van der Waals surface area contributed by atoms with Gasteiger partial charge in [0, 0.05) is 5.56 Å². The van der Waals surface area contributed by atoms with E-state index < -0.39 is 23.7 Å². The van der Waals surface area contributed by atoms with E-state index in [1.165, 1.54) is 43.3 Å². The van der Waals surface area contributed by atoms with E-state index in [-0.39, 0.29) is 28.9 Å². The fraction of sp³-hybridized carbons (Fsp3) is 0.158. The molecule has 0 fully saturated rings. The van der Waals surface area contributed by atoms with E-state index in [4.69, 9.17) is 4.74 Å². The second kappa shape index (κ2) is 7.60. The van der Waals surface area contributed by atoms with Crippen molar-refractivity contribution in [2.75, 3.05) is 6.61 Å². The second-order valence-corrected chi connectivity index (χ2v) is 5.41. The minimum atomic E-state index is -1.27. The first kappa shape index (κ1) is 18.9. The van der Waals surface area contributed by atoms with Crippen molar-refractivity contribution in [3.8, 4) is 11.1 Å². The Balaban J connectivity index is 2.62. The van der Waals surface area contributed by atoms with Crippen molar-refractivity contribution >= 4 is 23.7 Å². The number of carbonyl (C=O) groups is 4. The summed E-state index contributed by atoms with van der Waals surface area (Å²) in [5.41, 5.74) is 0.494. The van der Waals surface area contributed by atoms with E-state index in [0.29, 0.717) is 11.1 Å². The van der Waals surface area contributed by atoms with Crippen LogP contribution in [0.25, 0.3) is 11.1 Å². The van der Waals surface area contributed by atoms with Crippen LogP contribution in [0.15, 0.2) is 36.4 Å². The molecular formula is C19H16O7. The number of carbonyl (C=O) groups excluding carboxylic acids is 2. The molecule has 26 heavy (non-hydrogen) atoms. The van der Waals surface area contributed by atoms with E-state index in [1.54, 1.807) is 6.92 Å². The average Bonchev–Trinajstić information content (AvgIpc) is 2.60. The van der Waals surface area contributed by atoms with Crippen molar-refractivity contribution in [1.82, 2.24) is 0 Å². The third-order valence-corrected chi connectivity index (χ3v) is 3.71. The largest absolute Gasteiger partial charge is 0.478 e. The molecule has 2 N–H and O–H groups in total. The third-order valence-electron chi connectivity index (χ3n) is 3.71. The predicted octanol–water partition coefficient (Wildman–Crippen LogP) is 3.13. The monoisotopic (exact) mass is 356 g/mol. The Labute approximate surface area is 148 Å². The average molecular weight is 356 g/mol. The predicted molar refractivity (Wildman–Crippen MR) is 91.8 cm³/mol. The second-order valence-electron chi connectivity index (χ2n) is 5.41. The first-order valence-corrected chi connectivity index (χ1v) is 7.69. The number of ketones is 1. The molecule has 2 aromatic rings. The van der Waals surface area contributed by atoms with E-state index in [1.807, 2.05) is 0 Å². The molecule has 7 heteroatoms. The molecule has 0 saturated heterocycles. The molecule has 0 spiro atoms. The van der Waals surface area contributed by atoms with E-state index >= 15 is 0 Å². The summed E-state index contributed by atoms with van der Waals surface area (Å²) >= 11 is 0. The van der Waals surface area contributed by atoms with Crippen LogP contribution in [0.2, 0.25) is 0 Å². The Morgan fingerprint density at radius 2 is 1.27 bits per heavy atom. The molecule has 134 valence electrons. The Kier molecular flexibility index (Phi) is 5.51. The maximum Gasteiger partial charge on any atom is 0.339 e. The fourth-order valence-electron chi connectivity index (χ4n) is 2.49.